The van der Waals surface area contributed by atoms with Gasteiger partial charge in [0.15, 0.2) is 0 Å². The normalized spacial score (nSPS) is 11.9. The van der Waals surface area contributed by atoms with Crippen LogP contribution in [-0.2, 0) is 0 Å². The number of hydrogen-bond donors (Lipinski definition) is 0. The summed E-state index contributed by atoms with van der Waals surface area (Å²) < 4.78 is 0. The predicted octanol–water partition coefficient (Wildman–Crippen LogP) is 4.17. The van der Waals surface area contributed by atoms with E-state index in [4.69, 9.17) is 0 Å². The van der Waals surface area contributed by atoms with Crippen molar-refractivity contribution in [2.45, 2.75) is 32.7 Å². The van der Waals surface area contributed by atoms with E-state index in [1.807, 2.05) is 0 Å². The van der Waals surface area contributed by atoms with Crippen molar-refractivity contribution in [3.05, 3.63) is 72.4 Å². The minimum Gasteiger partial charge on any atom is -0.0948 e. The van der Waals surface area contributed by atoms with Crippen LogP contribution in [0.2, 0.25) is 6.04 Å². The van der Waals surface area contributed by atoms with E-state index in [-0.39, 0.29) is 0 Å². The summed E-state index contributed by atoms with van der Waals surface area (Å²) in [6, 6.07) is 23.5. The number of benzene rings is 2. The Kier molecular flexibility index (Phi) is 5.37. The highest BCUT2D eigenvalue weighted by molar-refractivity contribution is 7.05. The Morgan fingerprint density at radius 3 is 1.75 bits per heavy atom. The van der Waals surface area contributed by atoms with Crippen LogP contribution >= 0.6 is 0 Å². The topological polar surface area (TPSA) is 0 Å². The number of allylic oxidation sites excluding steroid dienone is 1. The van der Waals surface area contributed by atoms with E-state index in [0.29, 0.717) is 0 Å². The van der Waals surface area contributed by atoms with Gasteiger partial charge in [0.25, 0.3) is 0 Å². The first-order valence-electron chi connectivity index (χ1n) is 7.58. The van der Waals surface area contributed by atoms with Crippen LogP contribution < -0.4 is 10.4 Å². The fraction of sp³-hybridized carbons (Fsp3) is 0.263. The van der Waals surface area contributed by atoms with Crippen LogP contribution in [0.1, 0.15) is 26.7 Å². The average molecular weight is 280 g/mol. The monoisotopic (exact) mass is 280 g/mol. The van der Waals surface area contributed by atoms with E-state index in [1.54, 1.807) is 0 Å². The van der Waals surface area contributed by atoms with Gasteiger partial charge in [0, 0.05) is 0 Å². The first-order valence-corrected chi connectivity index (χ1v) is 9.87. The number of rotatable bonds is 6. The SMILES string of the molecule is C/C=C\[Si](CCCC)(c1ccccc1)c1ccccc1. The Morgan fingerprint density at radius 1 is 0.850 bits per heavy atom. The molecule has 0 amide bonds. The zero-order valence-corrected chi connectivity index (χ0v) is 13.5. The third-order valence-electron chi connectivity index (χ3n) is 3.95. The Hall–Kier alpha value is -1.60. The van der Waals surface area contributed by atoms with E-state index in [1.165, 1.54) is 29.3 Å². The zero-order chi connectivity index (χ0) is 14.3. The fourth-order valence-electron chi connectivity index (χ4n) is 2.94. The predicted molar refractivity (Wildman–Crippen MR) is 92.4 cm³/mol. The summed E-state index contributed by atoms with van der Waals surface area (Å²) in [6.07, 6.45) is 4.80. The minimum absolute atomic E-state index is 1.26. The lowest BCUT2D eigenvalue weighted by Gasteiger charge is -2.30. The summed E-state index contributed by atoms with van der Waals surface area (Å²) in [5.41, 5.74) is 2.51. The van der Waals surface area contributed by atoms with Crippen LogP contribution in [0, 0.1) is 0 Å². The smallest absolute Gasteiger partial charge is 0.0948 e. The van der Waals surface area contributed by atoms with Crippen molar-refractivity contribution >= 4 is 18.4 Å². The van der Waals surface area contributed by atoms with Crippen molar-refractivity contribution in [3.63, 3.8) is 0 Å². The largest absolute Gasteiger partial charge is 0.140 e. The minimum atomic E-state index is -1.75. The standard InChI is InChI=1S/C19H24Si/c1-3-5-17-20(16-4-2,18-12-8-6-9-13-18)19-14-10-7-11-15-19/h4,6-16H,3,5,17H2,1-2H3/b16-4-. The second-order valence-electron chi connectivity index (χ2n) is 5.31. The van der Waals surface area contributed by atoms with Gasteiger partial charge in [-0.15, -0.1) is 0 Å². The maximum absolute atomic E-state index is 2.51. The third-order valence-corrected chi connectivity index (χ3v) is 8.73. The van der Waals surface area contributed by atoms with E-state index < -0.39 is 8.07 Å². The molecule has 0 heterocycles. The average Bonchev–Trinajstić information content (AvgIpc) is 2.53. The van der Waals surface area contributed by atoms with Crippen LogP contribution in [-0.4, -0.2) is 8.07 Å². The maximum Gasteiger partial charge on any atom is 0.140 e. The molecule has 0 saturated carbocycles. The van der Waals surface area contributed by atoms with Crippen LogP contribution in [0.3, 0.4) is 0 Å². The Labute approximate surface area is 124 Å². The maximum atomic E-state index is 2.51. The summed E-state index contributed by atoms with van der Waals surface area (Å²) in [6.45, 7) is 4.43. The van der Waals surface area contributed by atoms with Crippen LogP contribution in [0.4, 0.5) is 0 Å². The highest BCUT2D eigenvalue weighted by Gasteiger charge is 2.33. The van der Waals surface area contributed by atoms with Gasteiger partial charge in [-0.1, -0.05) is 92.2 Å². The van der Waals surface area contributed by atoms with Crippen molar-refractivity contribution in [1.82, 2.24) is 0 Å². The van der Waals surface area contributed by atoms with Crippen LogP contribution in [0.25, 0.3) is 0 Å². The van der Waals surface area contributed by atoms with Gasteiger partial charge in [0.1, 0.15) is 8.07 Å². The molecule has 0 fully saturated rings. The molecule has 2 aromatic carbocycles. The van der Waals surface area contributed by atoms with Gasteiger partial charge in [-0.05, 0) is 23.3 Å². The van der Waals surface area contributed by atoms with Gasteiger partial charge in [-0.3, -0.25) is 0 Å². The Bertz CT molecular complexity index is 489. The zero-order valence-electron chi connectivity index (χ0n) is 12.5. The molecule has 20 heavy (non-hydrogen) atoms. The molecule has 0 aliphatic carbocycles. The summed E-state index contributed by atoms with van der Waals surface area (Å²) in [5.74, 6) is 0. The quantitative estimate of drug-likeness (QED) is 0.697. The van der Waals surface area contributed by atoms with Crippen LogP contribution in [0.15, 0.2) is 72.4 Å². The molecule has 2 aromatic rings. The molecule has 0 radical (unpaired) electrons. The summed E-state index contributed by atoms with van der Waals surface area (Å²) in [5, 5.41) is 3.05. The molecule has 0 saturated heterocycles. The van der Waals surface area contributed by atoms with Gasteiger partial charge < -0.3 is 0 Å². The van der Waals surface area contributed by atoms with E-state index in [0.717, 1.165) is 0 Å². The lowest BCUT2D eigenvalue weighted by atomic mass is 10.4. The molecule has 0 bridgehead atoms. The second kappa shape index (κ2) is 7.25. The number of unbranched alkanes of at least 4 members (excludes halogenated alkanes) is 1. The van der Waals surface area contributed by atoms with Gasteiger partial charge in [-0.2, -0.15) is 0 Å². The summed E-state index contributed by atoms with van der Waals surface area (Å²) in [4.78, 5) is 0. The molecular weight excluding hydrogens is 256 g/mol. The molecule has 0 atom stereocenters. The highest BCUT2D eigenvalue weighted by Crippen LogP contribution is 2.17. The van der Waals surface area contributed by atoms with E-state index in [9.17, 15) is 0 Å². The van der Waals surface area contributed by atoms with Gasteiger partial charge >= 0.3 is 0 Å². The highest BCUT2D eigenvalue weighted by atomic mass is 28.3. The molecule has 0 aromatic heterocycles. The first kappa shape index (κ1) is 14.8. The molecule has 0 aliphatic heterocycles. The second-order valence-corrected chi connectivity index (χ2v) is 9.24. The number of hydrogen-bond acceptors (Lipinski definition) is 0. The van der Waals surface area contributed by atoms with Gasteiger partial charge in [0.2, 0.25) is 0 Å². The van der Waals surface area contributed by atoms with Crippen molar-refractivity contribution < 1.29 is 0 Å². The Balaban J connectivity index is 2.56. The summed E-state index contributed by atoms with van der Waals surface area (Å²) in [7, 11) is -1.75. The fourth-order valence-corrected chi connectivity index (χ4v) is 7.46. The molecule has 0 spiro atoms. The van der Waals surface area contributed by atoms with Crippen molar-refractivity contribution in [1.29, 1.82) is 0 Å². The molecular formula is C19H24Si. The summed E-state index contributed by atoms with van der Waals surface area (Å²) >= 11 is 0. The van der Waals surface area contributed by atoms with Crippen molar-refractivity contribution in [2.75, 3.05) is 0 Å². The van der Waals surface area contributed by atoms with Crippen molar-refractivity contribution in [3.8, 4) is 0 Å². The molecule has 0 N–H and O–H groups in total. The third kappa shape index (κ3) is 3.10. The van der Waals surface area contributed by atoms with Gasteiger partial charge in [0.05, 0.1) is 0 Å². The molecule has 0 aliphatic rings. The molecule has 2 rings (SSSR count). The molecule has 0 unspecified atom stereocenters. The lowest BCUT2D eigenvalue weighted by molar-refractivity contribution is 0.874. The van der Waals surface area contributed by atoms with E-state index in [2.05, 4.69) is 86.3 Å². The first-order chi connectivity index (χ1) is 9.83. The lowest BCUT2D eigenvalue weighted by Crippen LogP contribution is -2.56. The van der Waals surface area contributed by atoms with Crippen LogP contribution in [0.5, 0.6) is 0 Å². The van der Waals surface area contributed by atoms with E-state index >= 15 is 0 Å². The Morgan fingerprint density at radius 2 is 1.35 bits per heavy atom. The van der Waals surface area contributed by atoms with Gasteiger partial charge in [-0.25, -0.2) is 0 Å². The molecule has 104 valence electrons. The molecule has 1 heteroatoms. The molecule has 0 nitrogen and oxygen atoms in total. The van der Waals surface area contributed by atoms with Crippen molar-refractivity contribution in [2.24, 2.45) is 0 Å².